The van der Waals surface area contributed by atoms with Crippen molar-refractivity contribution in [2.75, 3.05) is 23.7 Å². The third kappa shape index (κ3) is 4.62. The van der Waals surface area contributed by atoms with Crippen molar-refractivity contribution in [3.05, 3.63) is 71.0 Å². The van der Waals surface area contributed by atoms with Crippen LogP contribution < -0.4 is 15.4 Å². The van der Waals surface area contributed by atoms with Crippen LogP contribution in [0.1, 0.15) is 24.0 Å². The van der Waals surface area contributed by atoms with Gasteiger partial charge in [0.1, 0.15) is 17.8 Å². The summed E-state index contributed by atoms with van der Waals surface area (Å²) in [6, 6.07) is 16.2. The minimum absolute atomic E-state index is 0.378. The first-order valence-electron chi connectivity index (χ1n) is 9.93. The van der Waals surface area contributed by atoms with Gasteiger partial charge in [-0.2, -0.15) is 4.98 Å². The Morgan fingerprint density at radius 2 is 1.86 bits per heavy atom. The van der Waals surface area contributed by atoms with E-state index in [0.717, 1.165) is 43.7 Å². The van der Waals surface area contributed by atoms with Gasteiger partial charge in [-0.3, -0.25) is 0 Å². The Kier molecular flexibility index (Phi) is 5.86. The highest BCUT2D eigenvalue weighted by molar-refractivity contribution is 6.31. The lowest BCUT2D eigenvalue weighted by molar-refractivity contribution is 0.401. The van der Waals surface area contributed by atoms with Crippen molar-refractivity contribution < 1.29 is 4.74 Å². The largest absolute Gasteiger partial charge is 0.437 e. The molecule has 0 amide bonds. The first kappa shape index (κ1) is 19.5. The molecule has 0 aliphatic carbocycles. The highest BCUT2D eigenvalue weighted by atomic mass is 35.5. The molecule has 4 rings (SSSR count). The van der Waals surface area contributed by atoms with Crippen LogP contribution in [0.15, 0.2) is 54.9 Å². The van der Waals surface area contributed by atoms with E-state index in [-0.39, 0.29) is 0 Å². The van der Waals surface area contributed by atoms with E-state index in [2.05, 4.69) is 45.2 Å². The number of halogens is 1. The minimum atomic E-state index is 0.378. The molecular formula is C23H25ClN4O. The van der Waals surface area contributed by atoms with Crippen molar-refractivity contribution >= 4 is 23.1 Å². The molecule has 0 radical (unpaired) electrons. The van der Waals surface area contributed by atoms with Gasteiger partial charge in [0.15, 0.2) is 5.82 Å². The number of benzene rings is 2. The average Bonchev–Trinajstić information content (AvgIpc) is 2.74. The normalized spacial score (nSPS) is 14.8. The lowest BCUT2D eigenvalue weighted by Crippen LogP contribution is -2.35. The van der Waals surface area contributed by atoms with Crippen LogP contribution >= 0.6 is 11.6 Å². The van der Waals surface area contributed by atoms with Crippen molar-refractivity contribution in [3.8, 4) is 11.6 Å². The van der Waals surface area contributed by atoms with Crippen LogP contribution in [0.25, 0.3) is 0 Å². The molecule has 2 aromatic carbocycles. The molecule has 1 aliphatic rings. The van der Waals surface area contributed by atoms with Crippen LogP contribution in [0.2, 0.25) is 5.02 Å². The number of piperidine rings is 1. The van der Waals surface area contributed by atoms with Crippen molar-refractivity contribution in [2.45, 2.75) is 26.2 Å². The Balaban J connectivity index is 1.43. The van der Waals surface area contributed by atoms with Crippen molar-refractivity contribution in [1.29, 1.82) is 0 Å². The smallest absolute Gasteiger partial charge is 0.248 e. The molecule has 0 unspecified atom stereocenters. The number of hydrogen-bond donors (Lipinski definition) is 1. The van der Waals surface area contributed by atoms with Crippen LogP contribution in [0.4, 0.5) is 11.5 Å². The SMILES string of the molecule is Cc1cc(Oc2ncnc(N3CCC(Cc4ccccc4)CC3)c2N)ccc1Cl. The molecule has 2 heterocycles. The molecule has 1 fully saturated rings. The van der Waals surface area contributed by atoms with Gasteiger partial charge in [0, 0.05) is 18.1 Å². The van der Waals surface area contributed by atoms with E-state index in [1.54, 1.807) is 0 Å². The van der Waals surface area contributed by atoms with Gasteiger partial charge in [0.25, 0.3) is 0 Å². The molecule has 0 atom stereocenters. The van der Waals surface area contributed by atoms with Gasteiger partial charge in [-0.05, 0) is 61.4 Å². The Morgan fingerprint density at radius 3 is 2.59 bits per heavy atom. The second-order valence-corrected chi connectivity index (χ2v) is 7.96. The van der Waals surface area contributed by atoms with Crippen molar-refractivity contribution in [2.24, 2.45) is 5.92 Å². The number of nitrogens with zero attached hydrogens (tertiary/aromatic N) is 3. The Labute approximate surface area is 176 Å². The summed E-state index contributed by atoms with van der Waals surface area (Å²) in [5, 5.41) is 0.701. The minimum Gasteiger partial charge on any atom is -0.437 e. The van der Waals surface area contributed by atoms with Crippen LogP contribution in [0.3, 0.4) is 0 Å². The van der Waals surface area contributed by atoms with E-state index < -0.39 is 0 Å². The monoisotopic (exact) mass is 408 g/mol. The molecule has 150 valence electrons. The van der Waals surface area contributed by atoms with E-state index in [0.29, 0.717) is 28.3 Å². The molecule has 0 saturated carbocycles. The predicted octanol–water partition coefficient (Wildman–Crippen LogP) is 5.27. The van der Waals surface area contributed by atoms with Crippen LogP contribution in [0, 0.1) is 12.8 Å². The molecule has 5 nitrogen and oxygen atoms in total. The first-order chi connectivity index (χ1) is 14.1. The van der Waals surface area contributed by atoms with Crippen molar-refractivity contribution in [1.82, 2.24) is 9.97 Å². The maximum atomic E-state index is 6.37. The Hall–Kier alpha value is -2.79. The third-order valence-electron chi connectivity index (χ3n) is 5.45. The molecule has 2 N–H and O–H groups in total. The second-order valence-electron chi connectivity index (χ2n) is 7.55. The maximum Gasteiger partial charge on any atom is 0.248 e. The number of aryl methyl sites for hydroxylation is 1. The highest BCUT2D eigenvalue weighted by Crippen LogP contribution is 2.34. The van der Waals surface area contributed by atoms with Crippen molar-refractivity contribution in [3.63, 3.8) is 0 Å². The van der Waals surface area contributed by atoms with Gasteiger partial charge in [-0.1, -0.05) is 41.9 Å². The topological polar surface area (TPSA) is 64.3 Å². The summed E-state index contributed by atoms with van der Waals surface area (Å²) in [5.41, 5.74) is 9.19. The number of nitrogens with two attached hydrogens (primary N) is 1. The number of anilines is 2. The zero-order valence-corrected chi connectivity index (χ0v) is 17.3. The summed E-state index contributed by atoms with van der Waals surface area (Å²) < 4.78 is 5.92. The summed E-state index contributed by atoms with van der Waals surface area (Å²) in [5.74, 6) is 2.47. The fourth-order valence-corrected chi connectivity index (χ4v) is 3.91. The van der Waals surface area contributed by atoms with E-state index in [4.69, 9.17) is 22.1 Å². The van der Waals surface area contributed by atoms with E-state index in [1.807, 2.05) is 25.1 Å². The quantitative estimate of drug-likeness (QED) is 0.622. The van der Waals surface area contributed by atoms with E-state index in [9.17, 15) is 0 Å². The number of hydrogen-bond acceptors (Lipinski definition) is 5. The van der Waals surface area contributed by atoms with Gasteiger partial charge in [-0.25, -0.2) is 4.98 Å². The summed E-state index contributed by atoms with van der Waals surface area (Å²) in [6.07, 6.45) is 4.87. The molecule has 1 saturated heterocycles. The summed E-state index contributed by atoms with van der Waals surface area (Å²) >= 11 is 6.09. The van der Waals surface area contributed by atoms with E-state index in [1.165, 1.54) is 11.9 Å². The van der Waals surface area contributed by atoms with Gasteiger partial charge >= 0.3 is 0 Å². The maximum absolute atomic E-state index is 6.37. The standard InChI is InChI=1S/C23H25ClN4O/c1-16-13-19(7-8-20(16)24)29-23-21(25)22(26-15-27-23)28-11-9-18(10-12-28)14-17-5-3-2-4-6-17/h2-8,13,15,18H,9-12,14,25H2,1H3. The molecule has 6 heteroatoms. The van der Waals surface area contributed by atoms with Gasteiger partial charge in [0.05, 0.1) is 0 Å². The number of ether oxygens (including phenoxy) is 1. The van der Waals surface area contributed by atoms with E-state index >= 15 is 0 Å². The molecule has 1 aromatic heterocycles. The molecular weight excluding hydrogens is 384 g/mol. The van der Waals surface area contributed by atoms with Crippen LogP contribution in [0.5, 0.6) is 11.6 Å². The average molecular weight is 409 g/mol. The summed E-state index contributed by atoms with van der Waals surface area (Å²) in [4.78, 5) is 10.9. The van der Waals surface area contributed by atoms with Gasteiger partial charge in [-0.15, -0.1) is 0 Å². The summed E-state index contributed by atoms with van der Waals surface area (Å²) in [6.45, 7) is 3.79. The van der Waals surface area contributed by atoms with Gasteiger partial charge < -0.3 is 15.4 Å². The zero-order valence-electron chi connectivity index (χ0n) is 16.5. The summed E-state index contributed by atoms with van der Waals surface area (Å²) in [7, 11) is 0. The predicted molar refractivity (Wildman–Crippen MR) is 118 cm³/mol. The molecule has 1 aliphatic heterocycles. The number of nitrogen functional groups attached to an aromatic ring is 1. The fraction of sp³-hybridized carbons (Fsp3) is 0.304. The molecule has 3 aromatic rings. The fourth-order valence-electron chi connectivity index (χ4n) is 3.79. The number of rotatable bonds is 5. The first-order valence-corrected chi connectivity index (χ1v) is 10.3. The Bertz CT molecular complexity index is 972. The molecule has 29 heavy (non-hydrogen) atoms. The zero-order chi connectivity index (χ0) is 20.2. The highest BCUT2D eigenvalue weighted by Gasteiger charge is 2.23. The lowest BCUT2D eigenvalue weighted by Gasteiger charge is -2.33. The van der Waals surface area contributed by atoms with Gasteiger partial charge in [0.2, 0.25) is 5.88 Å². The van der Waals surface area contributed by atoms with Crippen LogP contribution in [-0.2, 0) is 6.42 Å². The third-order valence-corrected chi connectivity index (χ3v) is 5.88. The van der Waals surface area contributed by atoms with Crippen LogP contribution in [-0.4, -0.2) is 23.1 Å². The Morgan fingerprint density at radius 1 is 1.10 bits per heavy atom. The molecule has 0 bridgehead atoms. The second kappa shape index (κ2) is 8.70. The number of aromatic nitrogens is 2. The lowest BCUT2D eigenvalue weighted by atomic mass is 9.90. The molecule has 0 spiro atoms.